The second-order valence-electron chi connectivity index (χ2n) is 6.84. The summed E-state index contributed by atoms with van der Waals surface area (Å²) in [5.74, 6) is -1.18. The summed E-state index contributed by atoms with van der Waals surface area (Å²) in [6, 6.07) is 13.9. The van der Waals surface area contributed by atoms with Crippen LogP contribution in [-0.4, -0.2) is 36.6 Å². The van der Waals surface area contributed by atoms with Gasteiger partial charge in [-0.3, -0.25) is 9.59 Å². The summed E-state index contributed by atoms with van der Waals surface area (Å²) in [6.45, 7) is 4.68. The Labute approximate surface area is 159 Å². The number of para-hydroxylation sites is 1. The van der Waals surface area contributed by atoms with Crippen LogP contribution in [0.2, 0.25) is 0 Å². The van der Waals surface area contributed by atoms with Crippen LogP contribution in [0.3, 0.4) is 0 Å². The molecular weight excluding hydrogens is 344 g/mol. The number of rotatable bonds is 4. The first-order valence-corrected chi connectivity index (χ1v) is 9.91. The molecule has 0 spiro atoms. The third kappa shape index (κ3) is 3.49. The number of nitrogens with one attached hydrogen (secondary N) is 1. The molecule has 2 aromatic rings. The van der Waals surface area contributed by atoms with Gasteiger partial charge in [0, 0.05) is 24.4 Å². The molecular formula is C21H24N2O2S. The van der Waals surface area contributed by atoms with Crippen molar-refractivity contribution in [2.75, 3.05) is 25.2 Å². The Morgan fingerprint density at radius 3 is 2.58 bits per heavy atom. The monoisotopic (exact) mass is 368 g/mol. The van der Waals surface area contributed by atoms with Crippen molar-refractivity contribution in [3.63, 3.8) is 0 Å². The number of amides is 2. The van der Waals surface area contributed by atoms with Crippen LogP contribution in [-0.2, 0) is 9.59 Å². The Hall–Kier alpha value is -2.27. The normalized spacial score (nSPS) is 19.7. The van der Waals surface area contributed by atoms with Gasteiger partial charge in [0.25, 0.3) is 0 Å². The summed E-state index contributed by atoms with van der Waals surface area (Å²) < 4.78 is 0. The fourth-order valence-corrected chi connectivity index (χ4v) is 4.00. The van der Waals surface area contributed by atoms with Crippen molar-refractivity contribution in [1.29, 1.82) is 0 Å². The molecule has 26 heavy (non-hydrogen) atoms. The third-order valence-electron chi connectivity index (χ3n) is 5.12. The van der Waals surface area contributed by atoms with Crippen molar-refractivity contribution < 1.29 is 9.59 Å². The zero-order valence-electron chi connectivity index (χ0n) is 15.6. The predicted molar refractivity (Wildman–Crippen MR) is 107 cm³/mol. The molecule has 2 atom stereocenters. The Morgan fingerprint density at radius 2 is 1.88 bits per heavy atom. The van der Waals surface area contributed by atoms with E-state index in [1.807, 2.05) is 36.6 Å². The van der Waals surface area contributed by atoms with Gasteiger partial charge in [0.1, 0.15) is 5.92 Å². The summed E-state index contributed by atoms with van der Waals surface area (Å²) in [6.07, 6.45) is 1.97. The quantitative estimate of drug-likeness (QED) is 0.659. The highest BCUT2D eigenvalue weighted by Crippen LogP contribution is 2.35. The minimum Gasteiger partial charge on any atom is -0.344 e. The second kappa shape index (κ2) is 7.54. The van der Waals surface area contributed by atoms with E-state index >= 15 is 0 Å². The summed E-state index contributed by atoms with van der Waals surface area (Å²) in [5.41, 5.74) is 4.19. The predicted octanol–water partition coefficient (Wildman–Crippen LogP) is 3.84. The number of likely N-dealkylation sites (N-methyl/N-ethyl adjacent to an activating group) is 1. The maximum Gasteiger partial charge on any atom is 0.237 e. The van der Waals surface area contributed by atoms with E-state index in [4.69, 9.17) is 0 Å². The van der Waals surface area contributed by atoms with Gasteiger partial charge in [0.15, 0.2) is 0 Å². The van der Waals surface area contributed by atoms with Gasteiger partial charge in [0.05, 0.1) is 5.69 Å². The van der Waals surface area contributed by atoms with Crippen molar-refractivity contribution in [2.24, 2.45) is 5.92 Å². The average molecular weight is 369 g/mol. The largest absolute Gasteiger partial charge is 0.344 e. The van der Waals surface area contributed by atoms with E-state index in [0.717, 1.165) is 16.1 Å². The highest BCUT2D eigenvalue weighted by molar-refractivity contribution is 7.98. The number of nitrogens with zero attached hydrogens (tertiary/aromatic N) is 1. The van der Waals surface area contributed by atoms with Gasteiger partial charge in [0.2, 0.25) is 11.8 Å². The third-order valence-corrected chi connectivity index (χ3v) is 5.92. The van der Waals surface area contributed by atoms with Crippen LogP contribution in [0.1, 0.15) is 22.6 Å². The van der Waals surface area contributed by atoms with Crippen molar-refractivity contribution in [3.05, 3.63) is 59.2 Å². The molecule has 4 nitrogen and oxygen atoms in total. The molecule has 2 aromatic carbocycles. The molecule has 0 saturated carbocycles. The van der Waals surface area contributed by atoms with Gasteiger partial charge < -0.3 is 10.2 Å². The average Bonchev–Trinajstić information content (AvgIpc) is 2.93. The van der Waals surface area contributed by atoms with Crippen molar-refractivity contribution in [1.82, 2.24) is 4.90 Å². The Balaban J connectivity index is 1.90. The summed E-state index contributed by atoms with van der Waals surface area (Å²) in [4.78, 5) is 28.3. The van der Waals surface area contributed by atoms with E-state index in [1.54, 1.807) is 23.7 Å². The van der Waals surface area contributed by atoms with Crippen LogP contribution < -0.4 is 5.32 Å². The standard InChI is InChI=1S/C21H24N2O2S/c1-13-9-10-15(11-14(13)2)16-12-23(3)21(25)19(16)20(24)22-17-7-5-6-8-18(17)26-4/h5-11,16,19H,12H2,1-4H3,(H,22,24)/t16-,19+/m1/s1. The van der Waals surface area contributed by atoms with Crippen molar-refractivity contribution in [3.8, 4) is 0 Å². The number of thioether (sulfide) groups is 1. The Morgan fingerprint density at radius 1 is 1.15 bits per heavy atom. The Bertz CT molecular complexity index is 850. The number of benzene rings is 2. The first-order valence-electron chi connectivity index (χ1n) is 8.68. The van der Waals surface area contributed by atoms with E-state index in [9.17, 15) is 9.59 Å². The summed E-state index contributed by atoms with van der Waals surface area (Å²) in [7, 11) is 1.76. The topological polar surface area (TPSA) is 49.4 Å². The molecule has 1 aliphatic heterocycles. The molecule has 1 saturated heterocycles. The number of aryl methyl sites for hydroxylation is 2. The van der Waals surface area contributed by atoms with Gasteiger partial charge in [-0.25, -0.2) is 0 Å². The van der Waals surface area contributed by atoms with Crippen LogP contribution in [0.5, 0.6) is 0 Å². The van der Waals surface area contributed by atoms with Crippen molar-refractivity contribution >= 4 is 29.3 Å². The molecule has 0 aliphatic carbocycles. The van der Waals surface area contributed by atoms with Gasteiger partial charge in [-0.1, -0.05) is 30.3 Å². The van der Waals surface area contributed by atoms with Crippen LogP contribution in [0.15, 0.2) is 47.4 Å². The molecule has 136 valence electrons. The number of hydrogen-bond donors (Lipinski definition) is 1. The zero-order chi connectivity index (χ0) is 18.8. The number of carbonyl (C=O) groups is 2. The highest BCUT2D eigenvalue weighted by Gasteiger charge is 2.44. The smallest absolute Gasteiger partial charge is 0.237 e. The maximum absolute atomic E-state index is 13.0. The van der Waals surface area contributed by atoms with E-state index < -0.39 is 5.92 Å². The molecule has 3 rings (SSSR count). The molecule has 0 aromatic heterocycles. The number of likely N-dealkylation sites (tertiary alicyclic amines) is 1. The lowest BCUT2D eigenvalue weighted by Gasteiger charge is -2.19. The lowest BCUT2D eigenvalue weighted by Crippen LogP contribution is -2.32. The van der Waals surface area contributed by atoms with Gasteiger partial charge in [-0.15, -0.1) is 11.8 Å². The number of carbonyl (C=O) groups excluding carboxylic acids is 2. The molecule has 1 fully saturated rings. The molecule has 1 aliphatic rings. The number of anilines is 1. The van der Waals surface area contributed by atoms with Gasteiger partial charge in [-0.05, 0) is 48.9 Å². The first-order chi connectivity index (χ1) is 12.4. The lowest BCUT2D eigenvalue weighted by atomic mass is 9.86. The van der Waals surface area contributed by atoms with Crippen LogP contribution in [0.4, 0.5) is 5.69 Å². The Kier molecular flexibility index (Phi) is 5.37. The molecule has 1 heterocycles. The van der Waals surface area contributed by atoms with Gasteiger partial charge >= 0.3 is 0 Å². The SMILES string of the molecule is CSc1ccccc1NC(=O)[C@H]1C(=O)N(C)C[C@@H]1c1ccc(C)c(C)c1. The van der Waals surface area contributed by atoms with Crippen LogP contribution in [0, 0.1) is 19.8 Å². The van der Waals surface area contributed by atoms with E-state index in [2.05, 4.69) is 31.3 Å². The van der Waals surface area contributed by atoms with E-state index in [-0.39, 0.29) is 17.7 Å². The molecule has 2 amide bonds. The van der Waals surface area contributed by atoms with Gasteiger partial charge in [-0.2, -0.15) is 0 Å². The highest BCUT2D eigenvalue weighted by atomic mass is 32.2. The number of hydrogen-bond acceptors (Lipinski definition) is 3. The maximum atomic E-state index is 13.0. The molecule has 1 N–H and O–H groups in total. The van der Waals surface area contributed by atoms with E-state index in [0.29, 0.717) is 6.54 Å². The molecule has 0 radical (unpaired) electrons. The van der Waals surface area contributed by atoms with Crippen LogP contribution >= 0.6 is 11.8 Å². The zero-order valence-corrected chi connectivity index (χ0v) is 16.4. The van der Waals surface area contributed by atoms with Crippen LogP contribution in [0.25, 0.3) is 0 Å². The molecule has 5 heteroatoms. The second-order valence-corrected chi connectivity index (χ2v) is 7.68. The molecule has 0 unspecified atom stereocenters. The molecule has 0 bridgehead atoms. The summed E-state index contributed by atoms with van der Waals surface area (Å²) >= 11 is 1.57. The van der Waals surface area contributed by atoms with E-state index in [1.165, 1.54) is 11.1 Å². The fraction of sp³-hybridized carbons (Fsp3) is 0.333. The minimum atomic E-state index is -0.697. The fourth-order valence-electron chi connectivity index (χ4n) is 3.45. The first kappa shape index (κ1) is 18.5. The lowest BCUT2D eigenvalue weighted by molar-refractivity contribution is -0.135. The van der Waals surface area contributed by atoms with Crippen molar-refractivity contribution in [2.45, 2.75) is 24.7 Å². The summed E-state index contributed by atoms with van der Waals surface area (Å²) in [5, 5.41) is 2.97. The minimum absolute atomic E-state index is 0.118.